The average Bonchev–Trinajstić information content (AvgIpc) is 3.66. The van der Waals surface area contributed by atoms with Gasteiger partial charge < -0.3 is 28.2 Å². The molecule has 3 aromatic heterocycles. The van der Waals surface area contributed by atoms with Gasteiger partial charge in [-0.15, -0.1) is 0 Å². The molecule has 15 heteroatoms. The summed E-state index contributed by atoms with van der Waals surface area (Å²) in [5.41, 5.74) is 7.27. The van der Waals surface area contributed by atoms with E-state index in [9.17, 15) is 0 Å². The predicted molar refractivity (Wildman–Crippen MR) is 180 cm³/mol. The zero-order valence-corrected chi connectivity index (χ0v) is 30.6. The molecule has 0 unspecified atom stereocenters. The largest absolute Gasteiger partial charge is 0.461 e. The summed E-state index contributed by atoms with van der Waals surface area (Å²) in [7, 11) is -5.67. The first-order valence-corrected chi connectivity index (χ1v) is 21.0. The van der Waals surface area contributed by atoms with Crippen molar-refractivity contribution in [2.45, 2.75) is 104 Å². The standard InChI is InChI=1S/C30H49N7O5SSi2/c1-19(2)13-44(14-20(3)4)38-12-24-26(41-45(42-44,15-21(5)6)16-22(7)8)27(40-30(43)36-10-9-32-18-36)25(39-24)23-11-33-29-28(31)34-17-35-37(23)29/h9-11,17-22,24-27H,12-16H2,1-8H3,(H2,31,34,35)/t24-,25+,26-,27+/m1/s1. The Morgan fingerprint density at radius 1 is 1.00 bits per heavy atom. The summed E-state index contributed by atoms with van der Waals surface area (Å²) in [6, 6.07) is 3.47. The minimum absolute atomic E-state index is 0.241. The number of thiocarbonyl (C=S) groups is 1. The predicted octanol–water partition coefficient (Wildman–Crippen LogP) is 5.50. The number of imidazole rings is 2. The molecule has 0 radical (unpaired) electrons. The number of fused-ring (bicyclic) bond motifs is 2. The molecule has 45 heavy (non-hydrogen) atoms. The van der Waals surface area contributed by atoms with Crippen LogP contribution in [0, 0.1) is 23.7 Å². The van der Waals surface area contributed by atoms with Gasteiger partial charge in [0, 0.05) is 12.4 Å². The molecule has 2 N–H and O–H groups in total. The first-order valence-electron chi connectivity index (χ1n) is 16.1. The number of nitrogens with zero attached hydrogens (tertiary/aromatic N) is 6. The van der Waals surface area contributed by atoms with E-state index < -0.39 is 41.5 Å². The van der Waals surface area contributed by atoms with Gasteiger partial charge in [0.15, 0.2) is 17.6 Å². The Balaban J connectivity index is 1.63. The minimum Gasteiger partial charge on any atom is -0.461 e. The Morgan fingerprint density at radius 2 is 1.64 bits per heavy atom. The Kier molecular flexibility index (Phi) is 10.5. The van der Waals surface area contributed by atoms with Crippen molar-refractivity contribution in [1.82, 2.24) is 29.1 Å². The summed E-state index contributed by atoms with van der Waals surface area (Å²) in [5, 5.41) is 4.70. The van der Waals surface area contributed by atoms with Crippen LogP contribution in [0.3, 0.4) is 0 Å². The average molecular weight is 676 g/mol. The van der Waals surface area contributed by atoms with E-state index in [-0.39, 0.29) is 11.0 Å². The molecule has 0 spiro atoms. The number of nitrogens with two attached hydrogens (primary N) is 1. The molecule has 5 heterocycles. The molecule has 0 bridgehead atoms. The summed E-state index contributed by atoms with van der Waals surface area (Å²) in [6.07, 6.45) is 5.92. The minimum atomic E-state index is -2.94. The highest BCUT2D eigenvalue weighted by atomic mass is 32.1. The molecule has 5 rings (SSSR count). The van der Waals surface area contributed by atoms with Crippen LogP contribution in [0.4, 0.5) is 5.82 Å². The second kappa shape index (κ2) is 13.8. The molecule has 3 aromatic rings. The van der Waals surface area contributed by atoms with Crippen molar-refractivity contribution in [3.63, 3.8) is 0 Å². The molecule has 2 aliphatic rings. The van der Waals surface area contributed by atoms with Crippen molar-refractivity contribution in [3.8, 4) is 0 Å². The van der Waals surface area contributed by atoms with Crippen LogP contribution in [0.5, 0.6) is 0 Å². The lowest BCUT2D eigenvalue weighted by atomic mass is 10.1. The van der Waals surface area contributed by atoms with Crippen LogP contribution in [0.1, 0.15) is 67.2 Å². The molecule has 0 aromatic carbocycles. The van der Waals surface area contributed by atoms with Crippen LogP contribution in [-0.4, -0.2) is 76.3 Å². The van der Waals surface area contributed by atoms with Crippen LogP contribution in [0.25, 0.3) is 5.65 Å². The maximum absolute atomic E-state index is 7.58. The highest BCUT2D eigenvalue weighted by Gasteiger charge is 2.59. The molecule has 248 valence electrons. The lowest BCUT2D eigenvalue weighted by molar-refractivity contribution is -0.0374. The van der Waals surface area contributed by atoms with Crippen molar-refractivity contribution in [3.05, 3.63) is 36.9 Å². The molecule has 2 saturated heterocycles. The van der Waals surface area contributed by atoms with Crippen LogP contribution in [0.15, 0.2) is 31.2 Å². The number of rotatable bonds is 10. The number of nitrogen functional groups attached to an aromatic ring is 1. The van der Waals surface area contributed by atoms with Gasteiger partial charge in [-0.3, -0.25) is 4.57 Å². The fourth-order valence-corrected chi connectivity index (χ4v) is 18.6. The van der Waals surface area contributed by atoms with E-state index in [1.807, 2.05) is 0 Å². The summed E-state index contributed by atoms with van der Waals surface area (Å²) in [6.45, 7) is 18.3. The van der Waals surface area contributed by atoms with Crippen LogP contribution < -0.4 is 5.73 Å². The molecule has 0 aliphatic carbocycles. The molecular weight excluding hydrogens is 627 g/mol. The molecular formula is C30H49N7O5SSi2. The van der Waals surface area contributed by atoms with Gasteiger partial charge in [-0.25, -0.2) is 19.5 Å². The third-order valence-electron chi connectivity index (χ3n) is 8.02. The van der Waals surface area contributed by atoms with E-state index in [0.29, 0.717) is 41.6 Å². The third-order valence-corrected chi connectivity index (χ3v) is 18.5. The van der Waals surface area contributed by atoms with Crippen molar-refractivity contribution in [1.29, 1.82) is 0 Å². The Hall–Kier alpha value is -2.28. The first-order chi connectivity index (χ1) is 21.3. The van der Waals surface area contributed by atoms with Crippen LogP contribution in [0.2, 0.25) is 24.2 Å². The lowest BCUT2D eigenvalue weighted by Gasteiger charge is -2.47. The first kappa shape index (κ1) is 34.1. The molecule has 2 fully saturated rings. The number of anilines is 1. The van der Waals surface area contributed by atoms with E-state index >= 15 is 0 Å². The highest BCUT2D eigenvalue weighted by Crippen LogP contribution is 2.45. The number of aromatic nitrogens is 6. The SMILES string of the molecule is CC(C)C[Si]1(CC(C)C)OC[C@H]2O[C@@H](c3cnc4c(N)ncnn34)[C@H](OC(=S)n3ccnc3)[C@@H]2O[Si](CC(C)C)(CC(C)C)O1. The summed E-state index contributed by atoms with van der Waals surface area (Å²) < 4.78 is 39.0. The van der Waals surface area contributed by atoms with E-state index in [0.717, 1.165) is 24.2 Å². The van der Waals surface area contributed by atoms with Gasteiger partial charge >= 0.3 is 17.1 Å². The topological polar surface area (TPSA) is 133 Å². The van der Waals surface area contributed by atoms with Gasteiger partial charge in [-0.2, -0.15) is 5.10 Å². The third kappa shape index (κ3) is 7.66. The van der Waals surface area contributed by atoms with Gasteiger partial charge in [0.25, 0.3) is 5.17 Å². The Morgan fingerprint density at radius 3 is 2.24 bits per heavy atom. The van der Waals surface area contributed by atoms with E-state index in [2.05, 4.69) is 75.4 Å². The van der Waals surface area contributed by atoms with Gasteiger partial charge in [-0.1, -0.05) is 55.4 Å². The molecule has 4 atom stereocenters. The summed E-state index contributed by atoms with van der Waals surface area (Å²) in [5.74, 6) is 1.83. The van der Waals surface area contributed by atoms with Crippen molar-refractivity contribution >= 4 is 46.0 Å². The number of hydrogen-bond acceptors (Lipinski definition) is 11. The van der Waals surface area contributed by atoms with Gasteiger partial charge in [0.05, 0.1) is 18.5 Å². The molecule has 0 amide bonds. The highest BCUT2D eigenvalue weighted by molar-refractivity contribution is 7.80. The zero-order chi connectivity index (χ0) is 32.5. The maximum atomic E-state index is 7.58. The quantitative estimate of drug-likeness (QED) is 0.216. The normalized spacial score (nSPS) is 24.8. The zero-order valence-electron chi connectivity index (χ0n) is 27.8. The maximum Gasteiger partial charge on any atom is 0.330 e. The van der Waals surface area contributed by atoms with E-state index in [1.54, 1.807) is 34.0 Å². The smallest absolute Gasteiger partial charge is 0.330 e. The second-order valence-corrected chi connectivity index (χ2v) is 21.2. The van der Waals surface area contributed by atoms with Crippen molar-refractivity contribution in [2.24, 2.45) is 23.7 Å². The van der Waals surface area contributed by atoms with E-state index in [1.165, 1.54) is 6.33 Å². The van der Waals surface area contributed by atoms with Gasteiger partial charge in [0.2, 0.25) is 0 Å². The molecule has 2 aliphatic heterocycles. The second-order valence-electron chi connectivity index (χ2n) is 14.2. The Labute approximate surface area is 273 Å². The molecule has 12 nitrogen and oxygen atoms in total. The number of hydrogen-bond donors (Lipinski definition) is 1. The molecule has 0 saturated carbocycles. The van der Waals surface area contributed by atoms with Crippen molar-refractivity contribution in [2.75, 3.05) is 12.3 Å². The Bertz CT molecular complexity index is 1420. The van der Waals surface area contributed by atoms with Gasteiger partial charge in [0.1, 0.15) is 31.0 Å². The fraction of sp³-hybridized carbons (Fsp3) is 0.700. The fourth-order valence-electron chi connectivity index (χ4n) is 6.87. The van der Waals surface area contributed by atoms with Crippen molar-refractivity contribution < 1.29 is 22.4 Å². The van der Waals surface area contributed by atoms with Gasteiger partial charge in [-0.05, 0) is 60.1 Å². The number of ether oxygens (including phenoxy) is 2. The van der Waals surface area contributed by atoms with Crippen LogP contribution in [-0.2, 0) is 22.4 Å². The van der Waals surface area contributed by atoms with E-state index in [4.69, 9.17) is 40.4 Å². The summed E-state index contributed by atoms with van der Waals surface area (Å²) >= 11 is 5.77. The summed E-state index contributed by atoms with van der Waals surface area (Å²) in [4.78, 5) is 12.8. The lowest BCUT2D eigenvalue weighted by Crippen LogP contribution is -2.63. The monoisotopic (exact) mass is 675 g/mol. The van der Waals surface area contributed by atoms with Crippen LogP contribution >= 0.6 is 12.2 Å².